The minimum atomic E-state index is -0.278. The Morgan fingerprint density at radius 1 is 1.21 bits per heavy atom. The molecule has 0 saturated carbocycles. The average Bonchev–Trinajstić information content (AvgIpc) is 2.72. The molecule has 1 unspecified atom stereocenters. The largest absolute Gasteiger partial charge is 0.345 e. The van der Waals surface area contributed by atoms with E-state index < -0.39 is 0 Å². The summed E-state index contributed by atoms with van der Waals surface area (Å²) in [7, 11) is 3.39. The van der Waals surface area contributed by atoms with Crippen LogP contribution in [0.3, 0.4) is 0 Å². The molecular formula is C22H27FN4O2. The van der Waals surface area contributed by atoms with Crippen LogP contribution in [0.15, 0.2) is 30.5 Å². The van der Waals surface area contributed by atoms with Crippen molar-refractivity contribution in [2.45, 2.75) is 45.1 Å². The number of hydrogen-bond donors (Lipinski definition) is 0. The predicted octanol–water partition coefficient (Wildman–Crippen LogP) is 3.31. The summed E-state index contributed by atoms with van der Waals surface area (Å²) in [4.78, 5) is 37.5. The van der Waals surface area contributed by atoms with E-state index >= 15 is 0 Å². The van der Waals surface area contributed by atoms with Gasteiger partial charge in [-0.3, -0.25) is 9.59 Å². The van der Waals surface area contributed by atoms with E-state index in [9.17, 15) is 14.0 Å². The van der Waals surface area contributed by atoms with Gasteiger partial charge in [-0.05, 0) is 50.3 Å². The van der Waals surface area contributed by atoms with E-state index in [1.807, 2.05) is 4.90 Å². The lowest BCUT2D eigenvalue weighted by Gasteiger charge is -2.35. The first-order chi connectivity index (χ1) is 13.9. The summed E-state index contributed by atoms with van der Waals surface area (Å²) >= 11 is 0. The molecule has 154 valence electrons. The van der Waals surface area contributed by atoms with Gasteiger partial charge in [-0.25, -0.2) is 14.4 Å². The van der Waals surface area contributed by atoms with E-state index in [-0.39, 0.29) is 23.7 Å². The third-order valence-corrected chi connectivity index (χ3v) is 5.30. The van der Waals surface area contributed by atoms with Crippen molar-refractivity contribution in [2.75, 3.05) is 20.6 Å². The number of carbonyl (C=O) groups is 2. The van der Waals surface area contributed by atoms with E-state index in [1.165, 1.54) is 17.0 Å². The number of piperidine rings is 1. The number of amides is 2. The molecule has 2 amide bonds. The molecule has 2 heterocycles. The fraction of sp³-hybridized carbons (Fsp3) is 0.455. The van der Waals surface area contributed by atoms with Gasteiger partial charge in [0.25, 0.3) is 5.91 Å². The van der Waals surface area contributed by atoms with Crippen molar-refractivity contribution in [3.63, 3.8) is 0 Å². The van der Waals surface area contributed by atoms with Crippen molar-refractivity contribution in [3.05, 3.63) is 58.9 Å². The van der Waals surface area contributed by atoms with Crippen molar-refractivity contribution in [1.29, 1.82) is 0 Å². The molecular weight excluding hydrogens is 371 g/mol. The van der Waals surface area contributed by atoms with E-state index in [0.717, 1.165) is 24.8 Å². The molecule has 7 heteroatoms. The Kier molecular flexibility index (Phi) is 6.56. The van der Waals surface area contributed by atoms with Crippen LogP contribution < -0.4 is 0 Å². The summed E-state index contributed by atoms with van der Waals surface area (Å²) in [5.74, 6) is 0.228. The Morgan fingerprint density at radius 3 is 2.59 bits per heavy atom. The van der Waals surface area contributed by atoms with Gasteiger partial charge in [0.2, 0.25) is 5.91 Å². The van der Waals surface area contributed by atoms with Gasteiger partial charge in [-0.1, -0.05) is 12.1 Å². The number of aryl methyl sites for hydroxylation is 2. The average molecular weight is 398 g/mol. The summed E-state index contributed by atoms with van der Waals surface area (Å²) < 4.78 is 13.1. The van der Waals surface area contributed by atoms with Gasteiger partial charge in [-0.15, -0.1) is 0 Å². The first-order valence-electron chi connectivity index (χ1n) is 9.96. The second-order valence-corrected chi connectivity index (χ2v) is 7.65. The SMILES string of the molecule is Cc1nc(C2CCCCN2C(=O)CCc2ccc(F)cc2)ncc1C(=O)N(C)C. The molecule has 29 heavy (non-hydrogen) atoms. The summed E-state index contributed by atoms with van der Waals surface area (Å²) in [5.41, 5.74) is 2.04. The predicted molar refractivity (Wildman–Crippen MR) is 108 cm³/mol. The first kappa shape index (κ1) is 20.9. The van der Waals surface area contributed by atoms with Crippen LogP contribution in [-0.4, -0.2) is 52.2 Å². The molecule has 0 aliphatic carbocycles. The Bertz CT molecular complexity index is 883. The van der Waals surface area contributed by atoms with Gasteiger partial charge in [-0.2, -0.15) is 0 Å². The lowest BCUT2D eigenvalue weighted by atomic mass is 9.99. The topological polar surface area (TPSA) is 66.4 Å². The highest BCUT2D eigenvalue weighted by Crippen LogP contribution is 2.30. The van der Waals surface area contributed by atoms with E-state index in [2.05, 4.69) is 9.97 Å². The minimum Gasteiger partial charge on any atom is -0.345 e. The Morgan fingerprint density at radius 2 is 1.93 bits per heavy atom. The van der Waals surface area contributed by atoms with E-state index in [4.69, 9.17) is 0 Å². The highest BCUT2D eigenvalue weighted by Gasteiger charge is 2.30. The smallest absolute Gasteiger partial charge is 0.256 e. The number of benzene rings is 1. The standard InChI is InChI=1S/C22H27FN4O2/c1-15-18(22(29)26(2)3)14-24-21(25-15)19-6-4-5-13-27(19)20(28)12-9-16-7-10-17(23)11-8-16/h7-8,10-11,14,19H,4-6,9,12-13H2,1-3H3. The molecule has 1 aromatic heterocycles. The normalized spacial score (nSPS) is 16.6. The summed E-state index contributed by atoms with van der Waals surface area (Å²) in [5, 5.41) is 0. The van der Waals surface area contributed by atoms with Gasteiger partial charge in [0.1, 0.15) is 5.82 Å². The second-order valence-electron chi connectivity index (χ2n) is 7.65. The van der Waals surface area contributed by atoms with Gasteiger partial charge < -0.3 is 9.80 Å². The van der Waals surface area contributed by atoms with Gasteiger partial charge in [0, 0.05) is 33.3 Å². The van der Waals surface area contributed by atoms with Crippen LogP contribution in [0.25, 0.3) is 0 Å². The molecule has 6 nitrogen and oxygen atoms in total. The Hall–Kier alpha value is -2.83. The van der Waals surface area contributed by atoms with Crippen LogP contribution in [0.5, 0.6) is 0 Å². The molecule has 0 bridgehead atoms. The quantitative estimate of drug-likeness (QED) is 0.775. The number of likely N-dealkylation sites (tertiary alicyclic amines) is 1. The Balaban J connectivity index is 1.73. The zero-order valence-electron chi connectivity index (χ0n) is 17.2. The maximum absolute atomic E-state index is 13.1. The third-order valence-electron chi connectivity index (χ3n) is 5.30. The van der Waals surface area contributed by atoms with Crippen LogP contribution in [0.2, 0.25) is 0 Å². The molecule has 1 fully saturated rings. The maximum Gasteiger partial charge on any atom is 0.256 e. The van der Waals surface area contributed by atoms with Crippen LogP contribution in [0.4, 0.5) is 4.39 Å². The third kappa shape index (κ3) is 4.96. The number of rotatable bonds is 5. The van der Waals surface area contributed by atoms with Crippen LogP contribution in [0.1, 0.15) is 59.2 Å². The minimum absolute atomic E-state index is 0.0497. The lowest BCUT2D eigenvalue weighted by Crippen LogP contribution is -2.39. The fourth-order valence-electron chi connectivity index (χ4n) is 3.64. The van der Waals surface area contributed by atoms with Gasteiger partial charge >= 0.3 is 0 Å². The molecule has 0 spiro atoms. The monoisotopic (exact) mass is 398 g/mol. The maximum atomic E-state index is 13.1. The second kappa shape index (κ2) is 9.11. The molecule has 0 radical (unpaired) electrons. The van der Waals surface area contributed by atoms with Crippen molar-refractivity contribution in [2.24, 2.45) is 0 Å². The molecule has 1 aliphatic rings. The molecule has 0 N–H and O–H groups in total. The summed E-state index contributed by atoms with van der Waals surface area (Å²) in [6.07, 6.45) is 5.26. The van der Waals surface area contributed by atoms with Crippen LogP contribution in [-0.2, 0) is 11.2 Å². The summed E-state index contributed by atoms with van der Waals surface area (Å²) in [6, 6.07) is 6.08. The van der Waals surface area contributed by atoms with E-state index in [0.29, 0.717) is 36.5 Å². The highest BCUT2D eigenvalue weighted by molar-refractivity contribution is 5.94. The molecule has 1 aliphatic heterocycles. The van der Waals surface area contributed by atoms with Crippen molar-refractivity contribution in [3.8, 4) is 0 Å². The Labute approximate surface area is 170 Å². The fourth-order valence-corrected chi connectivity index (χ4v) is 3.64. The molecule has 1 aromatic carbocycles. The molecule has 2 aromatic rings. The molecule has 1 saturated heterocycles. The highest BCUT2D eigenvalue weighted by atomic mass is 19.1. The zero-order valence-corrected chi connectivity index (χ0v) is 17.2. The van der Waals surface area contributed by atoms with Gasteiger partial charge in [0.05, 0.1) is 17.3 Å². The van der Waals surface area contributed by atoms with Crippen molar-refractivity contribution < 1.29 is 14.0 Å². The number of halogens is 1. The van der Waals surface area contributed by atoms with E-state index in [1.54, 1.807) is 39.3 Å². The number of hydrogen-bond acceptors (Lipinski definition) is 4. The van der Waals surface area contributed by atoms with Crippen molar-refractivity contribution >= 4 is 11.8 Å². The van der Waals surface area contributed by atoms with Crippen LogP contribution >= 0.6 is 0 Å². The first-order valence-corrected chi connectivity index (χ1v) is 9.96. The van der Waals surface area contributed by atoms with Gasteiger partial charge in [0.15, 0.2) is 5.82 Å². The number of aromatic nitrogens is 2. The lowest BCUT2D eigenvalue weighted by molar-refractivity contribution is -0.135. The summed E-state index contributed by atoms with van der Waals surface area (Å²) in [6.45, 7) is 2.47. The van der Waals surface area contributed by atoms with Crippen molar-refractivity contribution in [1.82, 2.24) is 19.8 Å². The zero-order chi connectivity index (χ0) is 21.0. The molecule has 1 atom stereocenters. The molecule has 3 rings (SSSR count). The number of nitrogens with zero attached hydrogens (tertiary/aromatic N) is 4. The van der Waals surface area contributed by atoms with Crippen LogP contribution in [0, 0.1) is 12.7 Å². The number of carbonyl (C=O) groups excluding carboxylic acids is 2.